The van der Waals surface area contributed by atoms with Crippen LogP contribution in [0.5, 0.6) is 0 Å². The second-order valence-electron chi connectivity index (χ2n) is 4.33. The zero-order valence-corrected chi connectivity index (χ0v) is 8.26. The van der Waals surface area contributed by atoms with Gasteiger partial charge in [0.15, 0.2) is 0 Å². The van der Waals surface area contributed by atoms with E-state index in [4.69, 9.17) is 0 Å². The van der Waals surface area contributed by atoms with Gasteiger partial charge in [-0.2, -0.15) is 0 Å². The lowest BCUT2D eigenvalue weighted by atomic mass is 9.79. The second-order valence-corrected chi connectivity index (χ2v) is 4.33. The van der Waals surface area contributed by atoms with Gasteiger partial charge in [-0.15, -0.1) is 0 Å². The number of carbonyl (C=O) groups excluding carboxylic acids is 1. The van der Waals surface area contributed by atoms with Gasteiger partial charge in [0.25, 0.3) is 0 Å². The van der Waals surface area contributed by atoms with Crippen molar-refractivity contribution in [1.29, 1.82) is 0 Å². The molecule has 1 nitrogen and oxygen atoms in total. The van der Waals surface area contributed by atoms with E-state index in [1.807, 2.05) is 0 Å². The van der Waals surface area contributed by atoms with Crippen molar-refractivity contribution in [3.8, 4) is 0 Å². The molecular weight excluding hydrogens is 148 g/mol. The van der Waals surface area contributed by atoms with E-state index in [-0.39, 0.29) is 0 Å². The Labute approximate surface area is 74.9 Å². The Balaban J connectivity index is 2.68. The summed E-state index contributed by atoms with van der Waals surface area (Å²) in [6, 6.07) is 0. The summed E-state index contributed by atoms with van der Waals surface area (Å²) < 4.78 is 0. The van der Waals surface area contributed by atoms with Gasteiger partial charge in [0.05, 0.1) is 0 Å². The van der Waals surface area contributed by atoms with Crippen molar-refractivity contribution in [2.24, 2.45) is 11.3 Å². The molecule has 0 saturated carbocycles. The molecule has 1 rings (SSSR count). The van der Waals surface area contributed by atoms with Crippen LogP contribution in [0.25, 0.3) is 0 Å². The van der Waals surface area contributed by atoms with Gasteiger partial charge in [0.1, 0.15) is 6.29 Å². The smallest absolute Gasteiger partial charge is 0.124 e. The fraction of sp³-hybridized carbons (Fsp3) is 0.727. The number of carbonyl (C=O) groups is 1. The first-order chi connectivity index (χ1) is 5.58. The zero-order valence-electron chi connectivity index (χ0n) is 8.26. The quantitative estimate of drug-likeness (QED) is 0.465. The fourth-order valence-corrected chi connectivity index (χ4v) is 1.76. The highest BCUT2D eigenvalue weighted by Gasteiger charge is 2.30. The summed E-state index contributed by atoms with van der Waals surface area (Å²) in [7, 11) is 0. The van der Waals surface area contributed by atoms with E-state index < -0.39 is 0 Å². The van der Waals surface area contributed by atoms with Gasteiger partial charge < -0.3 is 4.79 Å². The average molecular weight is 166 g/mol. The van der Waals surface area contributed by atoms with Gasteiger partial charge in [-0.3, -0.25) is 0 Å². The average Bonchev–Trinajstić information content (AvgIpc) is 2.34. The van der Waals surface area contributed by atoms with Crippen molar-refractivity contribution < 1.29 is 4.79 Å². The predicted molar refractivity (Wildman–Crippen MR) is 50.9 cm³/mol. The minimum Gasteiger partial charge on any atom is -0.303 e. The van der Waals surface area contributed by atoms with Gasteiger partial charge in [0.2, 0.25) is 0 Å². The monoisotopic (exact) mass is 166 g/mol. The summed E-state index contributed by atoms with van der Waals surface area (Å²) in [5.41, 5.74) is 1.68. The van der Waals surface area contributed by atoms with Crippen molar-refractivity contribution in [3.63, 3.8) is 0 Å². The molecule has 1 heteroatoms. The molecule has 0 aromatic carbocycles. The first-order valence-electron chi connectivity index (χ1n) is 4.73. The highest BCUT2D eigenvalue weighted by molar-refractivity contribution is 5.54. The Hall–Kier alpha value is -0.590. The lowest BCUT2D eigenvalue weighted by Crippen LogP contribution is -2.17. The van der Waals surface area contributed by atoms with Crippen molar-refractivity contribution in [2.75, 3.05) is 0 Å². The Morgan fingerprint density at radius 3 is 2.75 bits per heavy atom. The van der Waals surface area contributed by atoms with Crippen LogP contribution >= 0.6 is 0 Å². The summed E-state index contributed by atoms with van der Waals surface area (Å²) in [6.07, 6.45) is 6.30. The minimum absolute atomic E-state index is 0.346. The maximum absolute atomic E-state index is 10.3. The molecule has 1 aliphatic rings. The van der Waals surface area contributed by atoms with Gasteiger partial charge in [-0.1, -0.05) is 32.4 Å². The van der Waals surface area contributed by atoms with Crippen LogP contribution in [0.15, 0.2) is 11.6 Å². The molecule has 0 amide bonds. The normalized spacial score (nSPS) is 29.2. The van der Waals surface area contributed by atoms with Crippen LogP contribution in [0.4, 0.5) is 0 Å². The lowest BCUT2D eigenvalue weighted by Gasteiger charge is -2.26. The van der Waals surface area contributed by atoms with Crippen LogP contribution in [0.2, 0.25) is 0 Å². The number of hydrogen-bond acceptors (Lipinski definition) is 1. The van der Waals surface area contributed by atoms with Gasteiger partial charge in [-0.05, 0) is 24.2 Å². The molecule has 0 N–H and O–H groups in total. The molecule has 0 bridgehead atoms. The molecule has 0 saturated heterocycles. The number of aldehydes is 1. The summed E-state index contributed by atoms with van der Waals surface area (Å²) in [6.45, 7) is 6.79. The SMILES string of the molecule is CC(C)[C@@]1(C)C=C(CC=O)CC1. The Morgan fingerprint density at radius 1 is 1.67 bits per heavy atom. The summed E-state index contributed by atoms with van der Waals surface area (Å²) >= 11 is 0. The molecule has 0 aromatic rings. The fourth-order valence-electron chi connectivity index (χ4n) is 1.76. The molecule has 68 valence electrons. The van der Waals surface area contributed by atoms with Crippen molar-refractivity contribution in [2.45, 2.75) is 40.0 Å². The number of rotatable bonds is 3. The third kappa shape index (κ3) is 1.77. The summed E-state index contributed by atoms with van der Waals surface area (Å²) in [4.78, 5) is 10.3. The molecule has 0 radical (unpaired) electrons. The van der Waals surface area contributed by atoms with Crippen LogP contribution in [0, 0.1) is 11.3 Å². The van der Waals surface area contributed by atoms with E-state index in [0.29, 0.717) is 17.8 Å². The predicted octanol–water partition coefficient (Wildman–Crippen LogP) is 2.96. The molecule has 1 aliphatic carbocycles. The van der Waals surface area contributed by atoms with Gasteiger partial charge in [-0.25, -0.2) is 0 Å². The van der Waals surface area contributed by atoms with E-state index in [9.17, 15) is 4.79 Å². The van der Waals surface area contributed by atoms with Gasteiger partial charge >= 0.3 is 0 Å². The third-order valence-corrected chi connectivity index (χ3v) is 3.18. The molecule has 0 spiro atoms. The minimum atomic E-state index is 0.346. The summed E-state index contributed by atoms with van der Waals surface area (Å²) in [5.74, 6) is 0.682. The molecule has 0 heterocycles. The molecule has 1 atom stereocenters. The molecular formula is C11H18O. The standard InChI is InChI=1S/C11H18O/c1-9(2)11(3)6-4-10(8-11)5-7-12/h7-9H,4-6H2,1-3H3/t11-/m1/s1. The molecule has 0 fully saturated rings. The first-order valence-corrected chi connectivity index (χ1v) is 4.73. The number of allylic oxidation sites excluding steroid dienone is 2. The topological polar surface area (TPSA) is 17.1 Å². The highest BCUT2D eigenvalue weighted by Crippen LogP contribution is 2.42. The number of hydrogen-bond donors (Lipinski definition) is 0. The van der Waals surface area contributed by atoms with Crippen LogP contribution in [-0.2, 0) is 4.79 Å². The van der Waals surface area contributed by atoms with Crippen molar-refractivity contribution in [1.82, 2.24) is 0 Å². The van der Waals surface area contributed by atoms with E-state index in [0.717, 1.165) is 12.7 Å². The van der Waals surface area contributed by atoms with E-state index >= 15 is 0 Å². The Morgan fingerprint density at radius 2 is 2.33 bits per heavy atom. The van der Waals surface area contributed by atoms with Crippen LogP contribution in [0.1, 0.15) is 40.0 Å². The van der Waals surface area contributed by atoms with Crippen LogP contribution in [-0.4, -0.2) is 6.29 Å². The maximum atomic E-state index is 10.3. The van der Waals surface area contributed by atoms with E-state index in [2.05, 4.69) is 26.8 Å². The van der Waals surface area contributed by atoms with Crippen molar-refractivity contribution in [3.05, 3.63) is 11.6 Å². The van der Waals surface area contributed by atoms with Gasteiger partial charge in [0, 0.05) is 6.42 Å². The maximum Gasteiger partial charge on any atom is 0.124 e. The van der Waals surface area contributed by atoms with Crippen LogP contribution in [0.3, 0.4) is 0 Å². The molecule has 0 aliphatic heterocycles. The Kier molecular flexibility index (Phi) is 2.71. The van der Waals surface area contributed by atoms with Crippen LogP contribution < -0.4 is 0 Å². The third-order valence-electron chi connectivity index (χ3n) is 3.18. The van der Waals surface area contributed by atoms with E-state index in [1.54, 1.807) is 0 Å². The zero-order chi connectivity index (χ0) is 9.19. The van der Waals surface area contributed by atoms with Crippen molar-refractivity contribution >= 4 is 6.29 Å². The molecule has 0 aromatic heterocycles. The first kappa shape index (κ1) is 9.50. The largest absolute Gasteiger partial charge is 0.303 e. The second kappa shape index (κ2) is 3.42. The molecule has 0 unspecified atom stereocenters. The lowest BCUT2D eigenvalue weighted by molar-refractivity contribution is -0.107. The Bertz CT molecular complexity index is 203. The molecule has 12 heavy (non-hydrogen) atoms. The highest BCUT2D eigenvalue weighted by atomic mass is 16.1. The summed E-state index contributed by atoms with van der Waals surface area (Å²) in [5, 5.41) is 0. The van der Waals surface area contributed by atoms with E-state index in [1.165, 1.54) is 12.0 Å².